The van der Waals surface area contributed by atoms with Gasteiger partial charge >= 0.3 is 0 Å². The van der Waals surface area contributed by atoms with E-state index < -0.39 is 0 Å². The van der Waals surface area contributed by atoms with E-state index in [1.165, 1.54) is 27.4 Å². The molecule has 2 aromatic heterocycles. The zero-order valence-electron chi connectivity index (χ0n) is 25.1. The van der Waals surface area contributed by atoms with Gasteiger partial charge in [-0.05, 0) is 62.2 Å². The molecule has 2 aromatic carbocycles. The average molecular weight is 599 g/mol. The van der Waals surface area contributed by atoms with Gasteiger partial charge in [-0.1, -0.05) is 0 Å². The molecule has 2 fully saturated rings. The number of carbonyl (C=O) groups is 2. The Bertz CT molecular complexity index is 1770. The Morgan fingerprint density at radius 2 is 1.50 bits per heavy atom. The highest BCUT2D eigenvalue weighted by molar-refractivity contribution is 5.96. The number of amides is 2. The third-order valence-electron chi connectivity index (χ3n) is 7.99. The van der Waals surface area contributed by atoms with Crippen molar-refractivity contribution in [2.75, 3.05) is 52.4 Å². The van der Waals surface area contributed by atoms with E-state index >= 15 is 0 Å². The van der Waals surface area contributed by atoms with Crippen LogP contribution in [0.3, 0.4) is 0 Å². The number of carbonyl (C=O) groups excluding carboxylic acids is 2. The standard InChI is InChI=1S/C32H34N6O6/c1-19-24-11-12-27(39)38(23-9-5-20(6-10-23)30(40)34-22-7-8-22)29(24)35-32(33-19)37-15-13-36(14-16-37)31(41)21-17-25(42-2)28(44-4)26(18-21)43-3/h5-6,9-12,17-18,22H,7-8,13-16H2,1-4H3,(H,34,40). The molecule has 12 nitrogen and oxygen atoms in total. The molecule has 1 saturated heterocycles. The maximum Gasteiger partial charge on any atom is 0.256 e. The Morgan fingerprint density at radius 1 is 0.841 bits per heavy atom. The van der Waals surface area contributed by atoms with E-state index in [1.54, 1.807) is 51.9 Å². The quantitative estimate of drug-likeness (QED) is 0.326. The Balaban J connectivity index is 1.24. The van der Waals surface area contributed by atoms with Crippen molar-refractivity contribution in [1.82, 2.24) is 24.8 Å². The van der Waals surface area contributed by atoms with Crippen molar-refractivity contribution in [2.24, 2.45) is 0 Å². The molecule has 1 N–H and O–H groups in total. The fraction of sp³-hybridized carbons (Fsp3) is 0.344. The van der Waals surface area contributed by atoms with Crippen molar-refractivity contribution in [3.8, 4) is 22.9 Å². The third kappa shape index (κ3) is 5.50. The van der Waals surface area contributed by atoms with Crippen molar-refractivity contribution in [2.45, 2.75) is 25.8 Å². The van der Waals surface area contributed by atoms with Gasteiger partial charge in [-0.25, -0.2) is 4.98 Å². The minimum Gasteiger partial charge on any atom is -0.493 e. The Morgan fingerprint density at radius 3 is 2.09 bits per heavy atom. The van der Waals surface area contributed by atoms with Gasteiger partial charge < -0.3 is 29.3 Å². The number of aromatic nitrogens is 3. The van der Waals surface area contributed by atoms with Crippen LogP contribution in [-0.2, 0) is 0 Å². The summed E-state index contributed by atoms with van der Waals surface area (Å²) in [4.78, 5) is 52.4. The van der Waals surface area contributed by atoms with Gasteiger partial charge in [0.1, 0.15) is 0 Å². The number of piperazine rings is 1. The number of hydrogen-bond donors (Lipinski definition) is 1. The largest absolute Gasteiger partial charge is 0.493 e. The summed E-state index contributed by atoms with van der Waals surface area (Å²) in [5.74, 6) is 1.46. The zero-order chi connectivity index (χ0) is 31.0. The predicted octanol–water partition coefficient (Wildman–Crippen LogP) is 2.97. The molecule has 0 spiro atoms. The Kier molecular flexibility index (Phi) is 7.81. The summed E-state index contributed by atoms with van der Waals surface area (Å²) in [5.41, 5.74) is 2.55. The number of rotatable bonds is 8. The van der Waals surface area contributed by atoms with Gasteiger partial charge in [0.15, 0.2) is 17.1 Å². The van der Waals surface area contributed by atoms with E-state index in [2.05, 4.69) is 5.32 Å². The van der Waals surface area contributed by atoms with E-state index in [-0.39, 0.29) is 23.4 Å². The molecule has 4 aromatic rings. The number of methoxy groups -OCH3 is 3. The van der Waals surface area contributed by atoms with Gasteiger partial charge in [-0.2, -0.15) is 4.98 Å². The number of aryl methyl sites for hydroxylation is 1. The molecule has 12 heteroatoms. The smallest absolute Gasteiger partial charge is 0.256 e. The van der Waals surface area contributed by atoms with E-state index in [0.29, 0.717) is 71.8 Å². The number of benzene rings is 2. The molecule has 0 radical (unpaired) electrons. The second-order valence-corrected chi connectivity index (χ2v) is 10.8. The van der Waals surface area contributed by atoms with E-state index in [1.807, 2.05) is 11.8 Å². The molecule has 1 aliphatic heterocycles. The highest BCUT2D eigenvalue weighted by Crippen LogP contribution is 2.38. The second-order valence-electron chi connectivity index (χ2n) is 10.8. The van der Waals surface area contributed by atoms with Gasteiger partial charge in [-0.3, -0.25) is 19.0 Å². The first kappa shape index (κ1) is 29.0. The van der Waals surface area contributed by atoms with E-state index in [0.717, 1.165) is 23.9 Å². The van der Waals surface area contributed by atoms with Crippen LogP contribution >= 0.6 is 0 Å². The lowest BCUT2D eigenvalue weighted by Crippen LogP contribution is -2.49. The van der Waals surface area contributed by atoms with Crippen LogP contribution in [0.5, 0.6) is 17.2 Å². The molecular formula is C32H34N6O6. The van der Waals surface area contributed by atoms with Crippen LogP contribution in [0.2, 0.25) is 0 Å². The average Bonchev–Trinajstić information content (AvgIpc) is 3.87. The van der Waals surface area contributed by atoms with E-state index in [9.17, 15) is 14.4 Å². The molecule has 2 amide bonds. The molecule has 6 rings (SSSR count). The zero-order valence-corrected chi connectivity index (χ0v) is 25.1. The summed E-state index contributed by atoms with van der Waals surface area (Å²) in [5, 5.41) is 3.73. The molecule has 0 unspecified atom stereocenters. The molecule has 0 bridgehead atoms. The Hall–Kier alpha value is -5.13. The summed E-state index contributed by atoms with van der Waals surface area (Å²) < 4.78 is 17.8. The summed E-state index contributed by atoms with van der Waals surface area (Å²) in [7, 11) is 4.54. The third-order valence-corrected chi connectivity index (χ3v) is 7.99. The maximum atomic E-state index is 13.4. The normalized spacial score (nSPS) is 14.8. The second kappa shape index (κ2) is 11.9. The van der Waals surface area contributed by atoms with Gasteiger partial charge in [0.2, 0.25) is 11.7 Å². The monoisotopic (exact) mass is 598 g/mol. The van der Waals surface area contributed by atoms with Gasteiger partial charge in [0.25, 0.3) is 17.4 Å². The van der Waals surface area contributed by atoms with Crippen LogP contribution < -0.4 is 30.0 Å². The van der Waals surface area contributed by atoms with Gasteiger partial charge in [0.05, 0.1) is 32.7 Å². The summed E-state index contributed by atoms with van der Waals surface area (Å²) in [6.45, 7) is 3.79. The van der Waals surface area contributed by atoms with Crippen molar-refractivity contribution in [1.29, 1.82) is 0 Å². The van der Waals surface area contributed by atoms with Crippen LogP contribution in [0.25, 0.3) is 16.7 Å². The van der Waals surface area contributed by atoms with Crippen molar-refractivity contribution in [3.05, 3.63) is 75.7 Å². The molecule has 3 heterocycles. The molecule has 1 saturated carbocycles. The molecule has 2 aliphatic rings. The number of ether oxygens (including phenoxy) is 3. The van der Waals surface area contributed by atoms with Crippen molar-refractivity contribution >= 4 is 28.8 Å². The number of nitrogens with zero attached hydrogens (tertiary/aromatic N) is 5. The minimum atomic E-state index is -0.238. The van der Waals surface area contributed by atoms with Crippen molar-refractivity contribution in [3.63, 3.8) is 0 Å². The fourth-order valence-electron chi connectivity index (χ4n) is 5.40. The molecule has 0 atom stereocenters. The first-order chi connectivity index (χ1) is 21.3. The van der Waals surface area contributed by atoms with Gasteiger partial charge in [-0.15, -0.1) is 0 Å². The lowest BCUT2D eigenvalue weighted by atomic mass is 10.1. The first-order valence-corrected chi connectivity index (χ1v) is 14.5. The number of hydrogen-bond acceptors (Lipinski definition) is 9. The Labute approximate surface area is 254 Å². The summed E-state index contributed by atoms with van der Waals surface area (Å²) in [6, 6.07) is 13.7. The van der Waals surface area contributed by atoms with E-state index in [4.69, 9.17) is 24.2 Å². The summed E-state index contributed by atoms with van der Waals surface area (Å²) in [6.07, 6.45) is 2.02. The predicted molar refractivity (Wildman–Crippen MR) is 165 cm³/mol. The van der Waals surface area contributed by atoms with Crippen LogP contribution in [0.4, 0.5) is 5.95 Å². The number of anilines is 1. The minimum absolute atomic E-state index is 0.118. The number of pyridine rings is 1. The number of fused-ring (bicyclic) bond motifs is 1. The maximum absolute atomic E-state index is 13.4. The van der Waals surface area contributed by atoms with Gasteiger partial charge in [0, 0.05) is 54.8 Å². The fourth-order valence-corrected chi connectivity index (χ4v) is 5.40. The molecule has 228 valence electrons. The lowest BCUT2D eigenvalue weighted by molar-refractivity contribution is 0.0745. The van der Waals surface area contributed by atoms with Crippen molar-refractivity contribution < 1.29 is 23.8 Å². The first-order valence-electron chi connectivity index (χ1n) is 14.5. The lowest BCUT2D eigenvalue weighted by Gasteiger charge is -2.35. The SMILES string of the molecule is COc1cc(C(=O)N2CCN(c3nc(C)c4ccc(=O)n(-c5ccc(C(=O)NC6CC6)cc5)c4n3)CC2)cc(OC)c1OC. The highest BCUT2D eigenvalue weighted by atomic mass is 16.5. The highest BCUT2D eigenvalue weighted by Gasteiger charge is 2.27. The van der Waals surface area contributed by atoms with Crippen LogP contribution in [0, 0.1) is 6.92 Å². The molecule has 44 heavy (non-hydrogen) atoms. The van der Waals surface area contributed by atoms with Crippen LogP contribution in [0.1, 0.15) is 39.3 Å². The van der Waals surface area contributed by atoms with Crippen LogP contribution in [-0.4, -0.2) is 84.8 Å². The molecule has 1 aliphatic carbocycles. The molecular weight excluding hydrogens is 564 g/mol. The van der Waals surface area contributed by atoms with Crippen LogP contribution in [0.15, 0.2) is 53.3 Å². The summed E-state index contributed by atoms with van der Waals surface area (Å²) >= 11 is 0. The number of nitrogens with one attached hydrogen (secondary N) is 1. The topological polar surface area (TPSA) is 128 Å².